The van der Waals surface area contributed by atoms with Crippen LogP contribution < -0.4 is 5.32 Å². The Balaban J connectivity index is 1.09. The van der Waals surface area contributed by atoms with Crippen LogP contribution in [-0.2, 0) is 25.4 Å². The van der Waals surface area contributed by atoms with E-state index in [4.69, 9.17) is 29.2 Å². The molecule has 9 nitrogen and oxygen atoms in total. The lowest BCUT2D eigenvalue weighted by Gasteiger charge is -2.37. The van der Waals surface area contributed by atoms with Crippen molar-refractivity contribution in [2.75, 3.05) is 24.1 Å². The molecule has 10 heteroatoms. The molecule has 300 valence electrons. The Bertz CT molecular complexity index is 2390. The second-order valence-electron chi connectivity index (χ2n) is 14.7. The zero-order chi connectivity index (χ0) is 40.8. The third-order valence-corrected chi connectivity index (χ3v) is 11.6. The van der Waals surface area contributed by atoms with E-state index in [-0.39, 0.29) is 6.61 Å². The van der Waals surface area contributed by atoms with Gasteiger partial charge in [-0.2, -0.15) is 0 Å². The highest BCUT2D eigenvalue weighted by Gasteiger charge is 2.48. The van der Waals surface area contributed by atoms with Crippen LogP contribution in [0.25, 0.3) is 11.2 Å². The molecule has 8 aromatic rings. The second-order valence-corrected chi connectivity index (χ2v) is 15.5. The summed E-state index contributed by atoms with van der Waals surface area (Å²) in [5.74, 6) is 0.882. The van der Waals surface area contributed by atoms with Crippen LogP contribution in [0.1, 0.15) is 39.6 Å². The van der Waals surface area contributed by atoms with E-state index in [1.165, 1.54) is 18.1 Å². The first-order valence-electron chi connectivity index (χ1n) is 20.0. The standard InChI is InChI=1S/C50H45N5O4S/c1-60-35-57-45-42(32-58-50(39-26-14-5-15-27-39,40-28-16-6-17-29-40)41-30-18-7-19-31-41)59-48(44(45)56)55-34-53-43-46(51-33-52-47(43)55)54-49(36-20-8-2-9-21-36,37-22-10-3-11-23-37)38-24-12-4-13-25-38/h2-31,33-34,42,44-45,48,56H,32,35H2,1H3,(H,51,52,54)/t42-,44?,45?,48-/m1/s1. The Morgan fingerprint density at radius 3 is 1.53 bits per heavy atom. The Kier molecular flexibility index (Phi) is 11.5. The van der Waals surface area contributed by atoms with Gasteiger partial charge in [-0.15, -0.1) is 11.8 Å². The van der Waals surface area contributed by atoms with Crippen molar-refractivity contribution in [1.82, 2.24) is 19.5 Å². The summed E-state index contributed by atoms with van der Waals surface area (Å²) < 4.78 is 22.2. The van der Waals surface area contributed by atoms with E-state index >= 15 is 0 Å². The molecular weight excluding hydrogens is 767 g/mol. The minimum atomic E-state index is -1.08. The molecule has 0 spiro atoms. The Labute approximate surface area is 354 Å². The summed E-state index contributed by atoms with van der Waals surface area (Å²) in [7, 11) is 0. The molecule has 9 rings (SSSR count). The van der Waals surface area contributed by atoms with Gasteiger partial charge >= 0.3 is 0 Å². The first-order valence-corrected chi connectivity index (χ1v) is 21.4. The highest BCUT2D eigenvalue weighted by molar-refractivity contribution is 7.98. The predicted octanol–water partition coefficient (Wildman–Crippen LogP) is 9.20. The van der Waals surface area contributed by atoms with Crippen molar-refractivity contribution >= 4 is 28.7 Å². The van der Waals surface area contributed by atoms with Crippen LogP contribution in [0, 0.1) is 0 Å². The number of rotatable bonds is 15. The molecule has 0 saturated carbocycles. The van der Waals surface area contributed by atoms with Gasteiger partial charge in [0.2, 0.25) is 0 Å². The summed E-state index contributed by atoms with van der Waals surface area (Å²) in [5.41, 5.74) is 5.16. The van der Waals surface area contributed by atoms with Gasteiger partial charge in [0.15, 0.2) is 23.2 Å². The maximum Gasteiger partial charge on any atom is 0.167 e. The third kappa shape index (κ3) is 7.27. The van der Waals surface area contributed by atoms with Crippen LogP contribution in [0.4, 0.5) is 5.82 Å². The molecule has 1 saturated heterocycles. The molecule has 2 N–H and O–H groups in total. The number of hydrogen-bond donors (Lipinski definition) is 2. The second kappa shape index (κ2) is 17.6. The number of fused-ring (bicyclic) bond motifs is 1. The normalized spacial score (nSPS) is 18.1. The quantitative estimate of drug-likeness (QED) is 0.0775. The molecule has 60 heavy (non-hydrogen) atoms. The lowest BCUT2D eigenvalue weighted by Crippen LogP contribution is -2.41. The Morgan fingerprint density at radius 2 is 1.08 bits per heavy atom. The molecule has 4 atom stereocenters. The number of imidazole rings is 1. The molecule has 1 aliphatic heterocycles. The first kappa shape index (κ1) is 39.3. The van der Waals surface area contributed by atoms with Gasteiger partial charge in [0.1, 0.15) is 35.8 Å². The summed E-state index contributed by atoms with van der Waals surface area (Å²) >= 11 is 1.53. The number of aliphatic hydroxyl groups is 1. The number of aromatic nitrogens is 4. The largest absolute Gasteiger partial charge is 0.386 e. The van der Waals surface area contributed by atoms with Crippen LogP contribution in [0.2, 0.25) is 0 Å². The number of hydrogen-bond acceptors (Lipinski definition) is 9. The average Bonchev–Trinajstić information content (AvgIpc) is 3.90. The van der Waals surface area contributed by atoms with Crippen molar-refractivity contribution in [2.45, 2.75) is 35.7 Å². The molecule has 2 aromatic heterocycles. The molecule has 6 aromatic carbocycles. The molecule has 1 fully saturated rings. The van der Waals surface area contributed by atoms with E-state index in [1.54, 1.807) is 10.9 Å². The van der Waals surface area contributed by atoms with Gasteiger partial charge in [0.25, 0.3) is 0 Å². The molecule has 0 radical (unpaired) electrons. The van der Waals surface area contributed by atoms with Crippen molar-refractivity contribution in [1.29, 1.82) is 0 Å². The van der Waals surface area contributed by atoms with Gasteiger partial charge < -0.3 is 24.6 Å². The minimum absolute atomic E-state index is 0.105. The summed E-state index contributed by atoms with van der Waals surface area (Å²) in [4.78, 5) is 14.4. The van der Waals surface area contributed by atoms with E-state index in [9.17, 15) is 5.11 Å². The van der Waals surface area contributed by atoms with Gasteiger partial charge in [0.05, 0.1) is 18.9 Å². The molecule has 0 aliphatic carbocycles. The number of aliphatic hydroxyl groups excluding tert-OH is 1. The van der Waals surface area contributed by atoms with Crippen LogP contribution >= 0.6 is 11.8 Å². The van der Waals surface area contributed by atoms with Crippen molar-refractivity contribution in [3.63, 3.8) is 0 Å². The molecule has 0 bridgehead atoms. The Morgan fingerprint density at radius 1 is 0.633 bits per heavy atom. The zero-order valence-corrected chi connectivity index (χ0v) is 33.9. The number of benzene rings is 6. The van der Waals surface area contributed by atoms with Crippen LogP contribution in [-0.4, -0.2) is 61.7 Å². The summed E-state index contributed by atoms with van der Waals surface area (Å²) in [6.45, 7) is 0.105. The molecule has 1 aliphatic rings. The monoisotopic (exact) mass is 811 g/mol. The van der Waals surface area contributed by atoms with Gasteiger partial charge in [-0.25, -0.2) is 15.0 Å². The van der Waals surface area contributed by atoms with Crippen molar-refractivity contribution < 1.29 is 19.3 Å². The van der Waals surface area contributed by atoms with E-state index < -0.39 is 35.7 Å². The number of thioether (sulfide) groups is 1. The van der Waals surface area contributed by atoms with Crippen LogP contribution in [0.15, 0.2) is 195 Å². The topological polar surface area (TPSA) is 104 Å². The van der Waals surface area contributed by atoms with Gasteiger partial charge in [0, 0.05) is 0 Å². The fraction of sp³-hybridized carbons (Fsp3) is 0.180. The molecular formula is C50H45N5O4S. The molecule has 2 unspecified atom stereocenters. The number of ether oxygens (including phenoxy) is 3. The smallest absolute Gasteiger partial charge is 0.167 e. The van der Waals surface area contributed by atoms with Crippen molar-refractivity contribution in [3.8, 4) is 0 Å². The third-order valence-electron chi connectivity index (χ3n) is 11.3. The lowest BCUT2D eigenvalue weighted by atomic mass is 9.77. The van der Waals surface area contributed by atoms with E-state index in [0.29, 0.717) is 22.9 Å². The van der Waals surface area contributed by atoms with Crippen LogP contribution in [0.5, 0.6) is 0 Å². The Hall–Kier alpha value is -6.14. The van der Waals surface area contributed by atoms with Crippen molar-refractivity contribution in [2.24, 2.45) is 0 Å². The molecule has 3 heterocycles. The average molecular weight is 812 g/mol. The van der Waals surface area contributed by atoms with Gasteiger partial charge in [-0.3, -0.25) is 4.57 Å². The maximum absolute atomic E-state index is 12.1. The van der Waals surface area contributed by atoms with Gasteiger partial charge in [-0.1, -0.05) is 182 Å². The number of nitrogens with zero attached hydrogens (tertiary/aromatic N) is 4. The number of anilines is 1. The van der Waals surface area contributed by atoms with E-state index in [2.05, 4.69) is 78.1 Å². The van der Waals surface area contributed by atoms with Gasteiger partial charge in [-0.05, 0) is 39.6 Å². The highest BCUT2D eigenvalue weighted by atomic mass is 32.2. The summed E-state index contributed by atoms with van der Waals surface area (Å²) in [6, 6.07) is 61.6. The predicted molar refractivity (Wildman–Crippen MR) is 236 cm³/mol. The minimum Gasteiger partial charge on any atom is -0.386 e. The van der Waals surface area contributed by atoms with Crippen LogP contribution in [0.3, 0.4) is 0 Å². The summed E-state index contributed by atoms with van der Waals surface area (Å²) in [5, 5.41) is 16.0. The SMILES string of the molecule is CSCOC1C(O)[C@H](n2cnc3c(NC(c4ccccc4)(c4ccccc4)c4ccccc4)ncnc32)O[C@@H]1COC(c1ccccc1)(c1ccccc1)c1ccccc1. The summed E-state index contributed by atoms with van der Waals surface area (Å²) in [6.07, 6.45) is 1.79. The van der Waals surface area contributed by atoms with E-state index in [1.807, 2.05) is 115 Å². The van der Waals surface area contributed by atoms with E-state index in [0.717, 1.165) is 33.4 Å². The zero-order valence-electron chi connectivity index (χ0n) is 33.1. The number of nitrogens with one attached hydrogen (secondary N) is 1. The lowest BCUT2D eigenvalue weighted by molar-refractivity contribution is -0.0992. The van der Waals surface area contributed by atoms with Crippen molar-refractivity contribution in [3.05, 3.63) is 228 Å². The molecule has 0 amide bonds. The fourth-order valence-corrected chi connectivity index (χ4v) is 8.79. The maximum atomic E-state index is 12.1. The highest BCUT2D eigenvalue weighted by Crippen LogP contribution is 2.44. The fourth-order valence-electron chi connectivity index (χ4n) is 8.50. The first-order chi connectivity index (χ1) is 29.6.